The third-order valence-corrected chi connectivity index (χ3v) is 5.01. The number of nitrogens with one attached hydrogen (secondary N) is 3. The Balaban J connectivity index is 1.73. The van der Waals surface area contributed by atoms with Gasteiger partial charge in [0.2, 0.25) is 0 Å². The number of hydrogen-bond donors (Lipinski definition) is 3. The molecule has 150 valence electrons. The van der Waals surface area contributed by atoms with Gasteiger partial charge in [-0.1, -0.05) is 37.8 Å². The zero-order chi connectivity index (χ0) is 19.6. The highest BCUT2D eigenvalue weighted by Crippen LogP contribution is 2.22. The highest BCUT2D eigenvalue weighted by molar-refractivity contribution is 6.68. The predicted molar refractivity (Wildman–Crippen MR) is 109 cm³/mol. The van der Waals surface area contributed by atoms with Crippen LogP contribution < -0.4 is 5.32 Å². The van der Waals surface area contributed by atoms with Gasteiger partial charge < -0.3 is 15.0 Å². The first kappa shape index (κ1) is 21.6. The van der Waals surface area contributed by atoms with Gasteiger partial charge in [-0.3, -0.25) is 10.2 Å². The number of ether oxygens (including phenoxy) is 1. The molecule has 0 spiro atoms. The summed E-state index contributed by atoms with van der Waals surface area (Å²) in [7, 11) is 0. The molecule has 0 atom stereocenters. The Morgan fingerprint density at radius 2 is 2.11 bits per heavy atom. The number of halogens is 1. The maximum atomic E-state index is 12.4. The van der Waals surface area contributed by atoms with Gasteiger partial charge in [0.1, 0.15) is 16.7 Å². The molecule has 1 saturated carbocycles. The molecule has 1 amide bonds. The summed E-state index contributed by atoms with van der Waals surface area (Å²) in [5.41, 5.74) is 1.14. The molecule has 1 aromatic rings. The van der Waals surface area contributed by atoms with E-state index in [1.807, 2.05) is 0 Å². The summed E-state index contributed by atoms with van der Waals surface area (Å²) in [6.45, 7) is 4.86. The van der Waals surface area contributed by atoms with Crippen LogP contribution in [0.3, 0.4) is 0 Å². The van der Waals surface area contributed by atoms with Crippen molar-refractivity contribution < 1.29 is 9.53 Å². The Kier molecular flexibility index (Phi) is 9.01. The zero-order valence-electron chi connectivity index (χ0n) is 16.3. The van der Waals surface area contributed by atoms with Crippen molar-refractivity contribution in [2.24, 2.45) is 0 Å². The van der Waals surface area contributed by atoms with Gasteiger partial charge in [0.05, 0.1) is 12.3 Å². The van der Waals surface area contributed by atoms with Gasteiger partial charge in [0.15, 0.2) is 0 Å². The maximum Gasteiger partial charge on any atom is 0.269 e. The lowest BCUT2D eigenvalue weighted by Crippen LogP contribution is -2.39. The molecule has 6 nitrogen and oxygen atoms in total. The van der Waals surface area contributed by atoms with E-state index >= 15 is 0 Å². The lowest BCUT2D eigenvalue weighted by atomic mass is 9.93. The Morgan fingerprint density at radius 3 is 2.78 bits per heavy atom. The van der Waals surface area contributed by atoms with Crippen LogP contribution in [0.15, 0.2) is 12.3 Å². The minimum atomic E-state index is -0.147. The van der Waals surface area contributed by atoms with Crippen molar-refractivity contribution in [3.8, 4) is 0 Å². The van der Waals surface area contributed by atoms with Gasteiger partial charge >= 0.3 is 0 Å². The van der Waals surface area contributed by atoms with Gasteiger partial charge in [0.25, 0.3) is 5.91 Å². The fourth-order valence-electron chi connectivity index (χ4n) is 3.31. The third-order valence-electron chi connectivity index (χ3n) is 4.90. The molecular formula is C20H31ClN4O2. The molecule has 2 rings (SSSR count). The summed E-state index contributed by atoms with van der Waals surface area (Å²) < 4.78 is 5.97. The molecule has 1 aromatic heterocycles. The Hall–Kier alpha value is -1.66. The highest BCUT2D eigenvalue weighted by Gasteiger charge is 2.23. The van der Waals surface area contributed by atoms with Crippen molar-refractivity contribution in [1.82, 2.24) is 15.3 Å². The molecule has 0 aromatic carbocycles. The summed E-state index contributed by atoms with van der Waals surface area (Å²) in [6.07, 6.45) is 12.1. The molecular weight excluding hydrogens is 364 g/mol. The van der Waals surface area contributed by atoms with Gasteiger partial charge in [-0.2, -0.15) is 0 Å². The van der Waals surface area contributed by atoms with Crippen molar-refractivity contribution in [3.05, 3.63) is 23.8 Å². The van der Waals surface area contributed by atoms with E-state index in [0.29, 0.717) is 23.2 Å². The summed E-state index contributed by atoms with van der Waals surface area (Å²) in [5.74, 6) is 0.400. The molecule has 0 aliphatic heterocycles. The lowest BCUT2D eigenvalue weighted by Gasteiger charge is -2.29. The van der Waals surface area contributed by atoms with Crippen molar-refractivity contribution in [2.75, 3.05) is 6.61 Å². The number of aromatic nitrogens is 2. The Bertz CT molecular complexity index is 648. The van der Waals surface area contributed by atoms with Crippen LogP contribution in [-0.4, -0.2) is 39.8 Å². The molecule has 7 heteroatoms. The quantitative estimate of drug-likeness (QED) is 0.398. The number of allylic oxidation sites excluding steroid dienone is 2. The summed E-state index contributed by atoms with van der Waals surface area (Å²) in [6, 6.07) is 0.178. The van der Waals surface area contributed by atoms with E-state index in [1.165, 1.54) is 31.5 Å². The summed E-state index contributed by atoms with van der Waals surface area (Å²) in [5, 5.41) is 10.3. The molecule has 1 aliphatic rings. The number of H-pyrrole nitrogens is 1. The van der Waals surface area contributed by atoms with E-state index in [4.69, 9.17) is 21.7 Å². The van der Waals surface area contributed by atoms with Gasteiger partial charge in [0, 0.05) is 12.6 Å². The molecule has 27 heavy (non-hydrogen) atoms. The molecule has 1 aliphatic carbocycles. The molecule has 0 radical (unpaired) electrons. The molecule has 0 saturated heterocycles. The third kappa shape index (κ3) is 7.46. The number of nitrogens with zero attached hydrogens (tertiary/aromatic N) is 1. The number of amides is 1. The van der Waals surface area contributed by atoms with Crippen LogP contribution in [0.25, 0.3) is 5.57 Å². The van der Waals surface area contributed by atoms with E-state index < -0.39 is 0 Å². The highest BCUT2D eigenvalue weighted by atomic mass is 35.5. The first-order valence-electron chi connectivity index (χ1n) is 9.89. The number of carbonyl (C=O) groups is 1. The average Bonchev–Trinajstić information content (AvgIpc) is 3.13. The largest absolute Gasteiger partial charge is 0.378 e. The topological polar surface area (TPSA) is 90.9 Å². The zero-order valence-corrected chi connectivity index (χ0v) is 17.1. The molecule has 1 fully saturated rings. The monoisotopic (exact) mass is 394 g/mol. The predicted octanol–water partition coefficient (Wildman–Crippen LogP) is 4.67. The Morgan fingerprint density at radius 1 is 1.37 bits per heavy atom. The van der Waals surface area contributed by atoms with Crippen LogP contribution in [0.1, 0.15) is 81.5 Å². The number of aromatic amines is 1. The van der Waals surface area contributed by atoms with E-state index in [2.05, 4.69) is 22.2 Å². The van der Waals surface area contributed by atoms with E-state index in [9.17, 15) is 4.79 Å². The average molecular weight is 395 g/mol. The first-order valence-corrected chi connectivity index (χ1v) is 10.3. The second-order valence-corrected chi connectivity index (χ2v) is 7.61. The van der Waals surface area contributed by atoms with E-state index in [0.717, 1.165) is 38.7 Å². The Labute approximate surface area is 166 Å². The van der Waals surface area contributed by atoms with Crippen LogP contribution >= 0.6 is 11.6 Å². The lowest BCUT2D eigenvalue weighted by molar-refractivity contribution is 0.0203. The van der Waals surface area contributed by atoms with Gasteiger partial charge in [-0.15, -0.1) is 0 Å². The van der Waals surface area contributed by atoms with Crippen LogP contribution in [0.2, 0.25) is 0 Å². The van der Waals surface area contributed by atoms with Gasteiger partial charge in [-0.05, 0) is 50.7 Å². The second kappa shape index (κ2) is 11.2. The number of carbonyl (C=O) groups excluding carboxylic acids is 1. The second-order valence-electron chi connectivity index (χ2n) is 7.20. The van der Waals surface area contributed by atoms with Crippen LogP contribution in [0.5, 0.6) is 0 Å². The summed E-state index contributed by atoms with van der Waals surface area (Å²) in [4.78, 5) is 19.6. The molecule has 0 bridgehead atoms. The van der Waals surface area contributed by atoms with Crippen LogP contribution in [-0.2, 0) is 4.74 Å². The van der Waals surface area contributed by atoms with Crippen molar-refractivity contribution in [2.45, 2.75) is 77.4 Å². The molecule has 0 unspecified atom stereocenters. The normalized spacial score (nSPS) is 20.5. The van der Waals surface area contributed by atoms with Crippen LogP contribution in [0, 0.1) is 5.41 Å². The maximum absolute atomic E-state index is 12.4. The van der Waals surface area contributed by atoms with Crippen molar-refractivity contribution in [3.63, 3.8) is 0 Å². The number of rotatable bonds is 10. The summed E-state index contributed by atoms with van der Waals surface area (Å²) >= 11 is 5.56. The van der Waals surface area contributed by atoms with E-state index in [-0.39, 0.29) is 17.1 Å². The number of unbranched alkanes of at least 4 members (excludes halogenated alkanes) is 3. The fourth-order valence-corrected chi connectivity index (χ4v) is 3.47. The standard InChI is InChI=1S/C20H31ClN4O2/c1-3-4-5-6-11-27-16-9-7-15(8-10-16)24-20(26)17-13-23-19(25-17)14(2)12-18(21)22/h12-13,15-16,22H,3-11H2,1-2H3,(H,23,25)(H,24,26)/b14-12-,22-18?. The number of hydrogen-bond acceptors (Lipinski definition) is 4. The minimum Gasteiger partial charge on any atom is -0.378 e. The van der Waals surface area contributed by atoms with Crippen molar-refractivity contribution >= 4 is 28.3 Å². The fraction of sp³-hybridized carbons (Fsp3) is 0.650. The van der Waals surface area contributed by atoms with Crippen LogP contribution in [0.4, 0.5) is 0 Å². The van der Waals surface area contributed by atoms with Gasteiger partial charge in [-0.25, -0.2) is 4.98 Å². The van der Waals surface area contributed by atoms with Crippen molar-refractivity contribution in [1.29, 1.82) is 5.41 Å². The number of imidazole rings is 1. The first-order chi connectivity index (χ1) is 13.0. The molecule has 1 heterocycles. The minimum absolute atomic E-state index is 0.0701. The SMILES string of the molecule is CCCCCCOC1CCC(NC(=O)c2cnc(/C(C)=C\C(=N)Cl)[nH]2)CC1. The van der Waals surface area contributed by atoms with E-state index in [1.54, 1.807) is 6.92 Å². The molecule has 3 N–H and O–H groups in total. The smallest absolute Gasteiger partial charge is 0.269 e.